The molecule has 0 saturated heterocycles. The number of hydrogen-bond acceptors (Lipinski definition) is 2. The van der Waals surface area contributed by atoms with Crippen molar-refractivity contribution in [2.75, 3.05) is 19.6 Å². The quantitative estimate of drug-likeness (QED) is 0.635. The third-order valence-corrected chi connectivity index (χ3v) is 5.26. The molecule has 1 aliphatic rings. The molecule has 128 valence electrons. The highest BCUT2D eigenvalue weighted by Gasteiger charge is 2.32. The molecular formula is C17H34N3O2+. The van der Waals surface area contributed by atoms with Crippen LogP contribution in [0.4, 0.5) is 0 Å². The summed E-state index contributed by atoms with van der Waals surface area (Å²) in [4.78, 5) is 25.3. The molecule has 0 aromatic carbocycles. The first-order valence-corrected chi connectivity index (χ1v) is 8.82. The Bertz CT molecular complexity index is 373. The molecule has 5 atom stereocenters. The summed E-state index contributed by atoms with van der Waals surface area (Å²) >= 11 is 0. The third kappa shape index (κ3) is 5.27. The van der Waals surface area contributed by atoms with Crippen molar-refractivity contribution in [3.8, 4) is 0 Å². The molecule has 0 bridgehead atoms. The second-order valence-electron chi connectivity index (χ2n) is 6.75. The largest absolute Gasteiger partial charge is 0.351 e. The first-order chi connectivity index (χ1) is 10.4. The van der Waals surface area contributed by atoms with Gasteiger partial charge in [-0.2, -0.15) is 0 Å². The maximum absolute atomic E-state index is 12.5. The Morgan fingerprint density at radius 2 is 1.91 bits per heavy atom. The molecule has 2 amide bonds. The molecular weight excluding hydrogens is 278 g/mol. The van der Waals surface area contributed by atoms with Crippen molar-refractivity contribution < 1.29 is 14.5 Å². The van der Waals surface area contributed by atoms with E-state index < -0.39 is 0 Å². The third-order valence-electron chi connectivity index (χ3n) is 5.26. The van der Waals surface area contributed by atoms with Gasteiger partial charge >= 0.3 is 0 Å². The topological polar surface area (TPSA) is 62.6 Å². The fourth-order valence-corrected chi connectivity index (χ4v) is 3.33. The van der Waals surface area contributed by atoms with Crippen LogP contribution in [0.1, 0.15) is 53.9 Å². The maximum Gasteiger partial charge on any atom is 0.278 e. The maximum atomic E-state index is 12.5. The van der Waals surface area contributed by atoms with Crippen LogP contribution in [-0.4, -0.2) is 43.5 Å². The van der Waals surface area contributed by atoms with E-state index in [1.807, 2.05) is 20.8 Å². The molecule has 22 heavy (non-hydrogen) atoms. The lowest BCUT2D eigenvalue weighted by Crippen LogP contribution is -3.17. The SMILES string of the molecule is CCNC(=O)C[NH+](CC)[C@@H](C)C(=O)N[C@@H]1CCC[C@H](C)[C@@H]1C. The Hall–Kier alpha value is -1.10. The molecule has 0 radical (unpaired) electrons. The minimum atomic E-state index is -0.197. The summed E-state index contributed by atoms with van der Waals surface area (Å²) in [6.45, 7) is 12.1. The van der Waals surface area contributed by atoms with Gasteiger partial charge in [-0.1, -0.05) is 26.7 Å². The van der Waals surface area contributed by atoms with Crippen molar-refractivity contribution in [1.82, 2.24) is 10.6 Å². The standard InChI is InChI=1S/C17H33N3O2/c1-6-18-16(21)11-20(7-2)14(5)17(22)19-15-10-8-9-12(3)13(15)4/h12-15H,6-11H2,1-5H3,(H,18,21)(H,19,22)/p+1/t12-,13-,14-,15+/m0/s1. The van der Waals surface area contributed by atoms with E-state index in [0.717, 1.165) is 17.9 Å². The lowest BCUT2D eigenvalue weighted by molar-refractivity contribution is -0.904. The van der Waals surface area contributed by atoms with Crippen LogP contribution in [-0.2, 0) is 9.59 Å². The molecule has 0 aromatic heterocycles. The molecule has 0 heterocycles. The van der Waals surface area contributed by atoms with Gasteiger partial charge in [-0.3, -0.25) is 9.59 Å². The van der Waals surface area contributed by atoms with Gasteiger partial charge in [-0.05, 0) is 39.0 Å². The van der Waals surface area contributed by atoms with Crippen LogP contribution < -0.4 is 15.5 Å². The molecule has 1 aliphatic carbocycles. The summed E-state index contributed by atoms with van der Waals surface area (Å²) in [7, 11) is 0. The Morgan fingerprint density at radius 1 is 1.23 bits per heavy atom. The Labute approximate surface area is 135 Å². The van der Waals surface area contributed by atoms with Gasteiger partial charge in [0.2, 0.25) is 0 Å². The molecule has 3 N–H and O–H groups in total. The number of quaternary nitrogens is 1. The zero-order chi connectivity index (χ0) is 16.7. The minimum Gasteiger partial charge on any atom is -0.351 e. The highest BCUT2D eigenvalue weighted by molar-refractivity contribution is 5.81. The average Bonchev–Trinajstić information content (AvgIpc) is 2.49. The second-order valence-corrected chi connectivity index (χ2v) is 6.75. The highest BCUT2D eigenvalue weighted by Crippen LogP contribution is 2.29. The van der Waals surface area contributed by atoms with Crippen LogP contribution in [0.15, 0.2) is 0 Å². The van der Waals surface area contributed by atoms with Crippen LogP contribution in [0.3, 0.4) is 0 Å². The molecule has 0 spiro atoms. The molecule has 1 unspecified atom stereocenters. The van der Waals surface area contributed by atoms with Crippen molar-refractivity contribution in [3.63, 3.8) is 0 Å². The van der Waals surface area contributed by atoms with E-state index in [1.54, 1.807) is 0 Å². The normalized spacial score (nSPS) is 27.8. The van der Waals surface area contributed by atoms with Crippen LogP contribution in [0.2, 0.25) is 0 Å². The van der Waals surface area contributed by atoms with Crippen LogP contribution >= 0.6 is 0 Å². The fraction of sp³-hybridized carbons (Fsp3) is 0.882. The number of carbonyl (C=O) groups excluding carboxylic acids is 2. The van der Waals surface area contributed by atoms with Gasteiger partial charge in [0.1, 0.15) is 0 Å². The van der Waals surface area contributed by atoms with Crippen molar-refractivity contribution >= 4 is 11.8 Å². The smallest absolute Gasteiger partial charge is 0.278 e. The lowest BCUT2D eigenvalue weighted by atomic mass is 9.78. The van der Waals surface area contributed by atoms with E-state index in [2.05, 4.69) is 24.5 Å². The fourth-order valence-electron chi connectivity index (χ4n) is 3.33. The zero-order valence-corrected chi connectivity index (χ0v) is 14.9. The first kappa shape index (κ1) is 18.9. The van der Waals surface area contributed by atoms with Gasteiger partial charge in [0.05, 0.1) is 6.54 Å². The van der Waals surface area contributed by atoms with Gasteiger partial charge in [0.25, 0.3) is 11.8 Å². The van der Waals surface area contributed by atoms with Crippen LogP contribution in [0.5, 0.6) is 0 Å². The average molecular weight is 312 g/mol. The van der Waals surface area contributed by atoms with Gasteiger partial charge in [-0.25, -0.2) is 0 Å². The molecule has 1 fully saturated rings. The van der Waals surface area contributed by atoms with Crippen LogP contribution in [0.25, 0.3) is 0 Å². The molecule has 0 aromatic rings. The number of nitrogens with one attached hydrogen (secondary N) is 3. The predicted octanol–water partition coefficient (Wildman–Crippen LogP) is 0.357. The van der Waals surface area contributed by atoms with Gasteiger partial charge in [0, 0.05) is 12.6 Å². The number of hydrogen-bond donors (Lipinski definition) is 3. The minimum absolute atomic E-state index is 0.0126. The summed E-state index contributed by atoms with van der Waals surface area (Å²) in [5.41, 5.74) is 0. The molecule has 0 aliphatic heterocycles. The van der Waals surface area contributed by atoms with E-state index in [1.165, 1.54) is 12.8 Å². The number of carbonyl (C=O) groups is 2. The van der Waals surface area contributed by atoms with Crippen molar-refractivity contribution in [2.45, 2.75) is 66.0 Å². The van der Waals surface area contributed by atoms with Gasteiger partial charge < -0.3 is 15.5 Å². The first-order valence-electron chi connectivity index (χ1n) is 8.82. The van der Waals surface area contributed by atoms with Crippen molar-refractivity contribution in [2.24, 2.45) is 11.8 Å². The van der Waals surface area contributed by atoms with Gasteiger partial charge in [0.15, 0.2) is 12.6 Å². The summed E-state index contributed by atoms with van der Waals surface area (Å²) in [6, 6.07) is 0.0818. The predicted molar refractivity (Wildman–Crippen MR) is 88.6 cm³/mol. The number of amides is 2. The van der Waals surface area contributed by atoms with E-state index in [9.17, 15) is 9.59 Å². The molecule has 5 nitrogen and oxygen atoms in total. The summed E-state index contributed by atoms with van der Waals surface area (Å²) in [6.07, 6.45) is 3.52. The summed E-state index contributed by atoms with van der Waals surface area (Å²) < 4.78 is 0. The Morgan fingerprint density at radius 3 is 2.50 bits per heavy atom. The molecule has 5 heteroatoms. The summed E-state index contributed by atoms with van der Waals surface area (Å²) in [5.74, 6) is 1.28. The zero-order valence-electron chi connectivity index (χ0n) is 14.9. The van der Waals surface area contributed by atoms with E-state index >= 15 is 0 Å². The second kappa shape index (κ2) is 9.13. The monoisotopic (exact) mass is 312 g/mol. The van der Waals surface area contributed by atoms with Crippen LogP contribution in [0, 0.1) is 11.8 Å². The lowest BCUT2D eigenvalue weighted by Gasteiger charge is -2.35. The Balaban J connectivity index is 2.56. The number of likely N-dealkylation sites (N-methyl/N-ethyl adjacent to an activating group) is 2. The van der Waals surface area contributed by atoms with E-state index in [4.69, 9.17) is 0 Å². The van der Waals surface area contributed by atoms with E-state index in [0.29, 0.717) is 24.9 Å². The van der Waals surface area contributed by atoms with Gasteiger partial charge in [-0.15, -0.1) is 0 Å². The Kier molecular flexibility index (Phi) is 7.87. The van der Waals surface area contributed by atoms with Crippen molar-refractivity contribution in [1.29, 1.82) is 0 Å². The molecule has 1 rings (SSSR count). The number of rotatable bonds is 7. The molecule has 1 saturated carbocycles. The highest BCUT2D eigenvalue weighted by atomic mass is 16.2. The summed E-state index contributed by atoms with van der Waals surface area (Å²) in [5, 5.41) is 6.03. The van der Waals surface area contributed by atoms with E-state index in [-0.39, 0.29) is 23.9 Å². The van der Waals surface area contributed by atoms with Crippen molar-refractivity contribution in [3.05, 3.63) is 0 Å².